The first-order valence-electron chi connectivity index (χ1n) is 7.25. The van der Waals surface area contributed by atoms with Crippen LogP contribution < -0.4 is 4.74 Å². The van der Waals surface area contributed by atoms with E-state index in [4.69, 9.17) is 9.84 Å². The van der Waals surface area contributed by atoms with E-state index in [1.54, 1.807) is 18.2 Å². The molecule has 0 radical (unpaired) electrons. The lowest BCUT2D eigenvalue weighted by Crippen LogP contribution is -2.21. The molecule has 1 saturated carbocycles. The number of aliphatic carboxylic acids is 1. The fourth-order valence-electron chi connectivity index (χ4n) is 2.84. The summed E-state index contributed by atoms with van der Waals surface area (Å²) >= 11 is 0. The first-order valence-corrected chi connectivity index (χ1v) is 7.25. The molecule has 1 fully saturated rings. The molecule has 2 rings (SSSR count). The number of hydrogen-bond acceptors (Lipinski definition) is 3. The molecule has 0 amide bonds. The summed E-state index contributed by atoms with van der Waals surface area (Å²) in [5, 5.41) is 18.9. The van der Waals surface area contributed by atoms with Crippen molar-refractivity contribution in [3.63, 3.8) is 0 Å². The van der Waals surface area contributed by atoms with Gasteiger partial charge in [-0.3, -0.25) is 4.79 Å². The number of hydrogen-bond donors (Lipinski definition) is 2. The second kappa shape index (κ2) is 7.29. The maximum absolute atomic E-state index is 10.8. The van der Waals surface area contributed by atoms with Gasteiger partial charge in [0.2, 0.25) is 0 Å². The molecule has 0 aliphatic heterocycles. The van der Waals surface area contributed by atoms with Crippen LogP contribution in [0, 0.1) is 5.92 Å². The maximum Gasteiger partial charge on any atom is 0.307 e. The van der Waals surface area contributed by atoms with Gasteiger partial charge >= 0.3 is 5.97 Å². The molecule has 1 aromatic carbocycles. The zero-order chi connectivity index (χ0) is 14.4. The minimum Gasteiger partial charge on any atom is -0.491 e. The van der Waals surface area contributed by atoms with E-state index >= 15 is 0 Å². The molecule has 0 saturated heterocycles. The van der Waals surface area contributed by atoms with Crippen molar-refractivity contribution in [2.45, 2.75) is 44.6 Å². The smallest absolute Gasteiger partial charge is 0.307 e. The van der Waals surface area contributed by atoms with Gasteiger partial charge in [0.15, 0.2) is 0 Å². The van der Waals surface area contributed by atoms with Crippen LogP contribution in [-0.2, 0) is 11.2 Å². The van der Waals surface area contributed by atoms with E-state index in [-0.39, 0.29) is 13.0 Å². The second-order valence-corrected chi connectivity index (χ2v) is 5.53. The highest BCUT2D eigenvalue weighted by atomic mass is 16.5. The molecule has 20 heavy (non-hydrogen) atoms. The Morgan fingerprint density at radius 2 is 2.00 bits per heavy atom. The Kier molecular flexibility index (Phi) is 5.41. The van der Waals surface area contributed by atoms with Gasteiger partial charge in [-0.05, 0) is 18.4 Å². The lowest BCUT2D eigenvalue weighted by Gasteiger charge is -2.17. The minimum atomic E-state index is -0.882. The third-order valence-corrected chi connectivity index (χ3v) is 3.83. The van der Waals surface area contributed by atoms with Crippen LogP contribution in [0.2, 0.25) is 0 Å². The highest BCUT2D eigenvalue weighted by Crippen LogP contribution is 2.29. The van der Waals surface area contributed by atoms with Crippen molar-refractivity contribution in [2.24, 2.45) is 5.92 Å². The first kappa shape index (κ1) is 14.9. The van der Waals surface area contributed by atoms with Gasteiger partial charge < -0.3 is 14.9 Å². The number of ether oxygens (including phenoxy) is 1. The third-order valence-electron chi connectivity index (χ3n) is 3.83. The Morgan fingerprint density at radius 1 is 1.30 bits per heavy atom. The molecule has 0 spiro atoms. The molecule has 1 aliphatic carbocycles. The standard InChI is InChI=1S/C16H22O4/c17-14(9-12-5-1-2-6-12)11-20-15-8-4-3-7-13(15)10-16(18)19/h3-4,7-8,12,14,17H,1-2,5-6,9-11H2,(H,18,19). The SMILES string of the molecule is O=C(O)Cc1ccccc1OCC(O)CC1CCCC1. The number of carbonyl (C=O) groups is 1. The molecule has 0 bridgehead atoms. The van der Waals surface area contributed by atoms with Gasteiger partial charge in [-0.2, -0.15) is 0 Å². The Bertz CT molecular complexity index is 438. The predicted molar refractivity (Wildman–Crippen MR) is 75.9 cm³/mol. The van der Waals surface area contributed by atoms with Crippen molar-refractivity contribution in [1.29, 1.82) is 0 Å². The van der Waals surface area contributed by atoms with Gasteiger partial charge in [0.25, 0.3) is 0 Å². The molecule has 110 valence electrons. The van der Waals surface area contributed by atoms with Crippen molar-refractivity contribution < 1.29 is 19.7 Å². The van der Waals surface area contributed by atoms with Gasteiger partial charge in [0, 0.05) is 5.56 Å². The van der Waals surface area contributed by atoms with Gasteiger partial charge in [-0.1, -0.05) is 43.9 Å². The number of aliphatic hydroxyl groups is 1. The number of para-hydroxylation sites is 1. The Morgan fingerprint density at radius 3 is 2.70 bits per heavy atom. The summed E-state index contributed by atoms with van der Waals surface area (Å²) in [6.07, 6.45) is 5.17. The summed E-state index contributed by atoms with van der Waals surface area (Å²) < 4.78 is 5.60. The monoisotopic (exact) mass is 278 g/mol. The van der Waals surface area contributed by atoms with Crippen LogP contribution in [-0.4, -0.2) is 28.9 Å². The summed E-state index contributed by atoms with van der Waals surface area (Å²) in [4.78, 5) is 10.8. The fraction of sp³-hybridized carbons (Fsp3) is 0.562. The van der Waals surface area contributed by atoms with E-state index in [9.17, 15) is 9.90 Å². The van der Waals surface area contributed by atoms with E-state index in [1.807, 2.05) is 6.07 Å². The van der Waals surface area contributed by atoms with Crippen LogP contribution in [0.5, 0.6) is 5.75 Å². The predicted octanol–water partition coefficient (Wildman–Crippen LogP) is 2.63. The molecule has 0 heterocycles. The molecule has 4 heteroatoms. The molecule has 1 unspecified atom stereocenters. The molecule has 1 atom stereocenters. The summed E-state index contributed by atoms with van der Waals surface area (Å²) in [5.74, 6) is 0.288. The zero-order valence-corrected chi connectivity index (χ0v) is 11.6. The highest BCUT2D eigenvalue weighted by molar-refractivity contribution is 5.71. The van der Waals surface area contributed by atoms with Gasteiger partial charge in [-0.15, -0.1) is 0 Å². The van der Waals surface area contributed by atoms with Crippen molar-refractivity contribution in [3.05, 3.63) is 29.8 Å². The van der Waals surface area contributed by atoms with Gasteiger partial charge in [-0.25, -0.2) is 0 Å². The lowest BCUT2D eigenvalue weighted by atomic mass is 10.0. The average molecular weight is 278 g/mol. The zero-order valence-electron chi connectivity index (χ0n) is 11.6. The number of carboxylic acids is 1. The lowest BCUT2D eigenvalue weighted by molar-refractivity contribution is -0.136. The first-order chi connectivity index (χ1) is 9.65. The summed E-state index contributed by atoms with van der Waals surface area (Å²) in [5.41, 5.74) is 0.646. The van der Waals surface area contributed by atoms with Crippen LogP contribution in [0.4, 0.5) is 0 Å². The quantitative estimate of drug-likeness (QED) is 0.804. The number of aliphatic hydroxyl groups excluding tert-OH is 1. The van der Waals surface area contributed by atoms with Crippen molar-refractivity contribution in [1.82, 2.24) is 0 Å². The third kappa shape index (κ3) is 4.53. The summed E-state index contributed by atoms with van der Waals surface area (Å²) in [7, 11) is 0. The largest absolute Gasteiger partial charge is 0.491 e. The van der Waals surface area contributed by atoms with Crippen molar-refractivity contribution in [2.75, 3.05) is 6.61 Å². The van der Waals surface area contributed by atoms with E-state index < -0.39 is 12.1 Å². The second-order valence-electron chi connectivity index (χ2n) is 5.53. The molecule has 2 N–H and O–H groups in total. The maximum atomic E-state index is 10.8. The summed E-state index contributed by atoms with van der Waals surface area (Å²) in [6.45, 7) is 0.229. The van der Waals surface area contributed by atoms with Crippen LogP contribution in [0.15, 0.2) is 24.3 Å². The molecule has 1 aromatic rings. The van der Waals surface area contributed by atoms with Crippen molar-refractivity contribution >= 4 is 5.97 Å². The van der Waals surface area contributed by atoms with Gasteiger partial charge in [0.1, 0.15) is 12.4 Å². The van der Waals surface area contributed by atoms with E-state index in [1.165, 1.54) is 25.7 Å². The van der Waals surface area contributed by atoms with E-state index in [0.717, 1.165) is 6.42 Å². The van der Waals surface area contributed by atoms with Crippen LogP contribution >= 0.6 is 0 Å². The van der Waals surface area contributed by atoms with E-state index in [2.05, 4.69) is 0 Å². The fourth-order valence-corrected chi connectivity index (χ4v) is 2.84. The Labute approximate surface area is 119 Å². The number of rotatable bonds is 7. The number of benzene rings is 1. The number of carboxylic acid groups (broad SMARTS) is 1. The molecular weight excluding hydrogens is 256 g/mol. The molecule has 0 aromatic heterocycles. The molecule has 1 aliphatic rings. The van der Waals surface area contributed by atoms with Gasteiger partial charge in [0.05, 0.1) is 12.5 Å². The van der Waals surface area contributed by atoms with Crippen LogP contribution in [0.25, 0.3) is 0 Å². The average Bonchev–Trinajstić information content (AvgIpc) is 2.90. The van der Waals surface area contributed by atoms with Crippen molar-refractivity contribution in [3.8, 4) is 5.75 Å². The molecule has 4 nitrogen and oxygen atoms in total. The topological polar surface area (TPSA) is 66.8 Å². The normalized spacial score (nSPS) is 17.1. The van der Waals surface area contributed by atoms with Crippen LogP contribution in [0.3, 0.4) is 0 Å². The minimum absolute atomic E-state index is 0.0606. The molecular formula is C16H22O4. The van der Waals surface area contributed by atoms with Crippen LogP contribution in [0.1, 0.15) is 37.7 Å². The van der Waals surface area contributed by atoms with E-state index in [0.29, 0.717) is 17.2 Å². The summed E-state index contributed by atoms with van der Waals surface area (Å²) in [6, 6.07) is 7.09. The highest BCUT2D eigenvalue weighted by Gasteiger charge is 2.19. The Balaban J connectivity index is 1.84. The Hall–Kier alpha value is -1.55.